The summed E-state index contributed by atoms with van der Waals surface area (Å²) in [6.07, 6.45) is 5.01. The molecule has 0 unspecified atom stereocenters. The van der Waals surface area contributed by atoms with Gasteiger partial charge in [0, 0.05) is 12.5 Å². The maximum Gasteiger partial charge on any atom is 0.118 e. The molecule has 0 spiro atoms. The Balaban J connectivity index is 1.99. The number of methoxy groups -OCH3 is 3. The van der Waals surface area contributed by atoms with E-state index in [2.05, 4.69) is 55.5 Å². The van der Waals surface area contributed by atoms with Crippen LogP contribution in [0.4, 0.5) is 0 Å². The third-order valence-corrected chi connectivity index (χ3v) is 6.20. The Morgan fingerprint density at radius 1 is 0.692 bits per heavy atom. The van der Waals surface area contributed by atoms with E-state index in [1.807, 2.05) is 7.11 Å². The lowest BCUT2D eigenvalue weighted by Gasteiger charge is -2.42. The second kappa shape index (κ2) is 8.13. The fourth-order valence-electron chi connectivity index (χ4n) is 4.39. The average Bonchev–Trinajstić information content (AvgIpc) is 2.73. The SMILES string of the molecule is COc1ccc(C(C)(c2ccc(OC)cc2)C2CCC(OC)CC2)cc1. The first-order valence-electron chi connectivity index (χ1n) is 9.43. The summed E-state index contributed by atoms with van der Waals surface area (Å²) in [4.78, 5) is 0. The van der Waals surface area contributed by atoms with Crippen LogP contribution < -0.4 is 9.47 Å². The molecule has 1 saturated carbocycles. The third kappa shape index (κ3) is 3.59. The van der Waals surface area contributed by atoms with Crippen molar-refractivity contribution in [1.29, 1.82) is 0 Å². The lowest BCUT2D eigenvalue weighted by atomic mass is 9.62. The summed E-state index contributed by atoms with van der Waals surface area (Å²) in [5.41, 5.74) is 2.63. The molecule has 0 atom stereocenters. The maximum absolute atomic E-state index is 5.59. The van der Waals surface area contributed by atoms with Gasteiger partial charge in [-0.15, -0.1) is 0 Å². The Morgan fingerprint density at radius 2 is 1.12 bits per heavy atom. The van der Waals surface area contributed by atoms with Gasteiger partial charge in [-0.3, -0.25) is 0 Å². The molecule has 3 rings (SSSR count). The lowest BCUT2D eigenvalue weighted by molar-refractivity contribution is 0.0469. The van der Waals surface area contributed by atoms with E-state index in [0.717, 1.165) is 24.3 Å². The molecule has 3 nitrogen and oxygen atoms in total. The second-order valence-electron chi connectivity index (χ2n) is 7.37. The van der Waals surface area contributed by atoms with E-state index >= 15 is 0 Å². The topological polar surface area (TPSA) is 27.7 Å². The Bertz CT molecular complexity index is 635. The van der Waals surface area contributed by atoms with Gasteiger partial charge >= 0.3 is 0 Å². The Kier molecular flexibility index (Phi) is 5.87. The largest absolute Gasteiger partial charge is 0.497 e. The van der Waals surface area contributed by atoms with Crippen LogP contribution in [0.5, 0.6) is 11.5 Å². The maximum atomic E-state index is 5.59. The lowest BCUT2D eigenvalue weighted by Crippen LogP contribution is -2.37. The summed E-state index contributed by atoms with van der Waals surface area (Å²) in [6.45, 7) is 2.38. The van der Waals surface area contributed by atoms with Crippen molar-refractivity contribution in [2.45, 2.75) is 44.1 Å². The van der Waals surface area contributed by atoms with Crippen LogP contribution in [-0.2, 0) is 10.2 Å². The van der Waals surface area contributed by atoms with Gasteiger partial charge in [0.2, 0.25) is 0 Å². The molecule has 1 fully saturated rings. The monoisotopic (exact) mass is 354 g/mol. The van der Waals surface area contributed by atoms with Crippen LogP contribution in [0.3, 0.4) is 0 Å². The van der Waals surface area contributed by atoms with Crippen LogP contribution in [0.1, 0.15) is 43.7 Å². The highest BCUT2D eigenvalue weighted by atomic mass is 16.5. The Labute approximate surface area is 157 Å². The third-order valence-electron chi connectivity index (χ3n) is 6.20. The van der Waals surface area contributed by atoms with Crippen molar-refractivity contribution in [3.8, 4) is 11.5 Å². The van der Waals surface area contributed by atoms with Crippen molar-refractivity contribution in [3.63, 3.8) is 0 Å². The molecule has 0 aromatic heterocycles. The Hall–Kier alpha value is -2.00. The Morgan fingerprint density at radius 3 is 1.46 bits per heavy atom. The number of benzene rings is 2. The molecule has 0 N–H and O–H groups in total. The van der Waals surface area contributed by atoms with E-state index < -0.39 is 0 Å². The van der Waals surface area contributed by atoms with E-state index in [4.69, 9.17) is 14.2 Å². The summed E-state index contributed by atoms with van der Waals surface area (Å²) < 4.78 is 16.3. The second-order valence-corrected chi connectivity index (χ2v) is 7.37. The predicted octanol–water partition coefficient (Wildman–Crippen LogP) is 5.22. The number of ether oxygens (including phenoxy) is 3. The number of hydrogen-bond acceptors (Lipinski definition) is 3. The highest BCUT2D eigenvalue weighted by Gasteiger charge is 2.39. The van der Waals surface area contributed by atoms with Gasteiger partial charge in [-0.05, 0) is 67.0 Å². The van der Waals surface area contributed by atoms with Gasteiger partial charge in [0.1, 0.15) is 11.5 Å². The van der Waals surface area contributed by atoms with E-state index in [0.29, 0.717) is 12.0 Å². The summed E-state index contributed by atoms with van der Waals surface area (Å²) >= 11 is 0. The molecule has 1 aliphatic rings. The summed E-state index contributed by atoms with van der Waals surface area (Å²) in [5, 5.41) is 0. The van der Waals surface area contributed by atoms with E-state index in [1.54, 1.807) is 14.2 Å². The van der Waals surface area contributed by atoms with Gasteiger partial charge < -0.3 is 14.2 Å². The van der Waals surface area contributed by atoms with Crippen molar-refractivity contribution in [3.05, 3.63) is 59.7 Å². The van der Waals surface area contributed by atoms with Crippen molar-refractivity contribution >= 4 is 0 Å². The molecule has 0 aliphatic heterocycles. The van der Waals surface area contributed by atoms with Gasteiger partial charge in [-0.25, -0.2) is 0 Å². The minimum absolute atomic E-state index is 0.0444. The number of hydrogen-bond donors (Lipinski definition) is 0. The predicted molar refractivity (Wildman–Crippen MR) is 105 cm³/mol. The van der Waals surface area contributed by atoms with Crippen LogP contribution in [-0.4, -0.2) is 27.4 Å². The smallest absolute Gasteiger partial charge is 0.118 e. The molecule has 0 bridgehead atoms. The average molecular weight is 354 g/mol. The summed E-state index contributed by atoms with van der Waals surface area (Å²) in [5.74, 6) is 2.37. The molecule has 0 radical (unpaired) electrons. The molecule has 3 heteroatoms. The van der Waals surface area contributed by atoms with E-state index in [9.17, 15) is 0 Å². The van der Waals surface area contributed by atoms with Crippen LogP contribution in [0.15, 0.2) is 48.5 Å². The normalized spacial score (nSPS) is 20.6. The molecular weight excluding hydrogens is 324 g/mol. The van der Waals surface area contributed by atoms with Crippen molar-refractivity contribution in [2.24, 2.45) is 5.92 Å². The van der Waals surface area contributed by atoms with Crippen LogP contribution in [0.2, 0.25) is 0 Å². The van der Waals surface area contributed by atoms with Crippen LogP contribution in [0.25, 0.3) is 0 Å². The highest BCUT2D eigenvalue weighted by Crippen LogP contribution is 2.46. The molecule has 0 amide bonds. The molecule has 1 aliphatic carbocycles. The highest BCUT2D eigenvalue weighted by molar-refractivity contribution is 5.43. The van der Waals surface area contributed by atoms with Crippen LogP contribution >= 0.6 is 0 Å². The van der Waals surface area contributed by atoms with Gasteiger partial charge in [0.15, 0.2) is 0 Å². The quantitative estimate of drug-likeness (QED) is 0.712. The summed E-state index contributed by atoms with van der Waals surface area (Å²) in [7, 11) is 5.25. The zero-order valence-corrected chi connectivity index (χ0v) is 16.3. The zero-order valence-electron chi connectivity index (χ0n) is 16.3. The van der Waals surface area contributed by atoms with Crippen molar-refractivity contribution in [2.75, 3.05) is 21.3 Å². The van der Waals surface area contributed by atoms with Crippen molar-refractivity contribution in [1.82, 2.24) is 0 Å². The molecule has 26 heavy (non-hydrogen) atoms. The van der Waals surface area contributed by atoms with Gasteiger partial charge in [-0.1, -0.05) is 31.2 Å². The zero-order chi connectivity index (χ0) is 18.6. The van der Waals surface area contributed by atoms with Gasteiger partial charge in [0.05, 0.1) is 20.3 Å². The van der Waals surface area contributed by atoms with Gasteiger partial charge in [0.25, 0.3) is 0 Å². The fraction of sp³-hybridized carbons (Fsp3) is 0.478. The molecule has 2 aromatic rings. The summed E-state index contributed by atoms with van der Waals surface area (Å²) in [6, 6.07) is 17.1. The number of rotatable bonds is 6. The molecular formula is C23H30O3. The van der Waals surface area contributed by atoms with E-state index in [1.165, 1.54) is 24.0 Å². The van der Waals surface area contributed by atoms with Gasteiger partial charge in [-0.2, -0.15) is 0 Å². The standard InChI is InChI=1S/C23H30O3/c1-23(17-5-11-20(24-2)12-6-17,18-7-13-21(25-3)14-8-18)19-9-15-22(26-4)16-10-19/h5-8,11-14,19,22H,9-10,15-16H2,1-4H3. The minimum Gasteiger partial charge on any atom is -0.497 e. The fourth-order valence-corrected chi connectivity index (χ4v) is 4.39. The van der Waals surface area contributed by atoms with Crippen molar-refractivity contribution < 1.29 is 14.2 Å². The minimum atomic E-state index is -0.0444. The molecule has 2 aromatic carbocycles. The van der Waals surface area contributed by atoms with E-state index in [-0.39, 0.29) is 5.41 Å². The molecule has 0 saturated heterocycles. The first kappa shape index (κ1) is 18.8. The molecule has 0 heterocycles. The van der Waals surface area contributed by atoms with Crippen LogP contribution in [0, 0.1) is 5.92 Å². The first-order chi connectivity index (χ1) is 12.6. The molecule has 140 valence electrons. The first-order valence-corrected chi connectivity index (χ1v) is 9.43.